The van der Waals surface area contributed by atoms with E-state index >= 15 is 0 Å². The number of amides is 1. The van der Waals surface area contributed by atoms with Crippen molar-refractivity contribution in [2.45, 2.75) is 38.6 Å². The van der Waals surface area contributed by atoms with Gasteiger partial charge in [-0.3, -0.25) is 4.79 Å². The zero-order valence-corrected chi connectivity index (χ0v) is 11.6. The van der Waals surface area contributed by atoms with Crippen LogP contribution in [0.15, 0.2) is 11.4 Å². The fraction of sp³-hybridized carbons (Fsp3) is 0.643. The van der Waals surface area contributed by atoms with E-state index in [0.717, 1.165) is 25.9 Å². The number of aryl methyl sites for hydroxylation is 1. The van der Waals surface area contributed by atoms with Gasteiger partial charge in [-0.25, -0.2) is 0 Å². The fourth-order valence-corrected chi connectivity index (χ4v) is 3.97. The molecule has 0 spiro atoms. The van der Waals surface area contributed by atoms with E-state index in [-0.39, 0.29) is 17.4 Å². The molecule has 2 atom stereocenters. The van der Waals surface area contributed by atoms with E-state index in [9.17, 15) is 4.79 Å². The Kier molecular flexibility index (Phi) is 3.16. The Balaban J connectivity index is 1.73. The van der Waals surface area contributed by atoms with E-state index in [1.807, 2.05) is 11.3 Å². The van der Waals surface area contributed by atoms with Crippen LogP contribution < -0.4 is 10.6 Å². The van der Waals surface area contributed by atoms with Crippen molar-refractivity contribution in [2.75, 3.05) is 13.1 Å². The second kappa shape index (κ2) is 4.67. The molecule has 0 radical (unpaired) electrons. The minimum absolute atomic E-state index is 0.215. The van der Waals surface area contributed by atoms with Gasteiger partial charge in [0.25, 0.3) is 0 Å². The topological polar surface area (TPSA) is 41.1 Å². The van der Waals surface area contributed by atoms with Crippen molar-refractivity contribution in [3.05, 3.63) is 21.9 Å². The van der Waals surface area contributed by atoms with Gasteiger partial charge in [-0.1, -0.05) is 0 Å². The summed E-state index contributed by atoms with van der Waals surface area (Å²) >= 11 is 1.82. The van der Waals surface area contributed by atoms with Crippen LogP contribution in [0.5, 0.6) is 0 Å². The zero-order valence-electron chi connectivity index (χ0n) is 10.8. The molecule has 1 aliphatic carbocycles. The zero-order chi connectivity index (χ0) is 12.6. The van der Waals surface area contributed by atoms with Crippen LogP contribution in [0.3, 0.4) is 0 Å². The lowest BCUT2D eigenvalue weighted by atomic mass is 9.87. The van der Waals surface area contributed by atoms with Crippen molar-refractivity contribution in [3.8, 4) is 0 Å². The first kappa shape index (κ1) is 12.2. The second-order valence-corrected chi connectivity index (χ2v) is 6.71. The lowest BCUT2D eigenvalue weighted by molar-refractivity contribution is -0.130. The van der Waals surface area contributed by atoms with Crippen LogP contribution >= 0.6 is 11.3 Å². The molecule has 2 unspecified atom stereocenters. The first-order valence-corrected chi connectivity index (χ1v) is 7.65. The molecule has 2 heterocycles. The van der Waals surface area contributed by atoms with E-state index in [2.05, 4.69) is 29.0 Å². The molecule has 0 bridgehead atoms. The molecule has 1 amide bonds. The monoisotopic (exact) mass is 264 g/mol. The summed E-state index contributed by atoms with van der Waals surface area (Å²) in [6.45, 7) is 3.83. The Morgan fingerprint density at radius 2 is 2.50 bits per heavy atom. The summed E-state index contributed by atoms with van der Waals surface area (Å²) in [5.41, 5.74) is 1.14. The molecule has 1 aromatic rings. The number of nitrogens with one attached hydrogen (secondary N) is 2. The molecule has 0 saturated carbocycles. The van der Waals surface area contributed by atoms with Crippen LogP contribution in [-0.2, 0) is 11.2 Å². The van der Waals surface area contributed by atoms with Crippen LogP contribution in [0.4, 0.5) is 0 Å². The summed E-state index contributed by atoms with van der Waals surface area (Å²) in [5, 5.41) is 8.70. The SMILES string of the molecule is CC1(C(=O)NC2CCCc3sccc32)CCNC1. The van der Waals surface area contributed by atoms with Gasteiger partial charge < -0.3 is 10.6 Å². The van der Waals surface area contributed by atoms with Crippen molar-refractivity contribution in [2.24, 2.45) is 5.41 Å². The molecule has 3 rings (SSSR count). The molecule has 1 saturated heterocycles. The van der Waals surface area contributed by atoms with E-state index in [1.54, 1.807) is 0 Å². The Morgan fingerprint density at radius 3 is 3.28 bits per heavy atom. The fourth-order valence-electron chi connectivity index (χ4n) is 2.98. The number of hydrogen-bond acceptors (Lipinski definition) is 3. The predicted molar refractivity (Wildman–Crippen MR) is 73.7 cm³/mol. The number of carbonyl (C=O) groups excluding carboxylic acids is 1. The van der Waals surface area contributed by atoms with Crippen molar-refractivity contribution in [1.82, 2.24) is 10.6 Å². The van der Waals surface area contributed by atoms with Crippen LogP contribution in [0.2, 0.25) is 0 Å². The standard InChI is InChI=1S/C14H20N2OS/c1-14(6-7-15-9-14)13(17)16-11-3-2-4-12-10(11)5-8-18-12/h5,8,11,15H,2-4,6-7,9H2,1H3,(H,16,17). The molecule has 1 aromatic heterocycles. The average molecular weight is 264 g/mol. The molecule has 4 heteroatoms. The van der Waals surface area contributed by atoms with Gasteiger partial charge >= 0.3 is 0 Å². The lowest BCUT2D eigenvalue weighted by Gasteiger charge is -2.28. The van der Waals surface area contributed by atoms with E-state index in [1.165, 1.54) is 23.3 Å². The number of carbonyl (C=O) groups is 1. The summed E-state index contributed by atoms with van der Waals surface area (Å²) < 4.78 is 0. The quantitative estimate of drug-likeness (QED) is 0.860. The van der Waals surface area contributed by atoms with Gasteiger partial charge in [0.15, 0.2) is 0 Å². The number of thiophene rings is 1. The molecule has 2 N–H and O–H groups in total. The van der Waals surface area contributed by atoms with Gasteiger partial charge in [0, 0.05) is 11.4 Å². The van der Waals surface area contributed by atoms with Gasteiger partial charge in [0.05, 0.1) is 11.5 Å². The molecule has 98 valence electrons. The number of hydrogen-bond donors (Lipinski definition) is 2. The van der Waals surface area contributed by atoms with Crippen molar-refractivity contribution in [1.29, 1.82) is 0 Å². The highest BCUT2D eigenvalue weighted by Crippen LogP contribution is 2.34. The molecule has 1 aliphatic heterocycles. The minimum Gasteiger partial charge on any atom is -0.349 e. The van der Waals surface area contributed by atoms with Crippen molar-refractivity contribution >= 4 is 17.2 Å². The Labute approximate surface area is 112 Å². The van der Waals surface area contributed by atoms with Gasteiger partial charge in [-0.05, 0) is 56.2 Å². The summed E-state index contributed by atoms with van der Waals surface area (Å²) in [6, 6.07) is 2.42. The van der Waals surface area contributed by atoms with E-state index in [0.29, 0.717) is 0 Å². The van der Waals surface area contributed by atoms with Crippen LogP contribution in [0.25, 0.3) is 0 Å². The maximum Gasteiger partial charge on any atom is 0.227 e. The lowest BCUT2D eigenvalue weighted by Crippen LogP contribution is -2.42. The summed E-state index contributed by atoms with van der Waals surface area (Å²) in [6.07, 6.45) is 4.40. The van der Waals surface area contributed by atoms with Crippen molar-refractivity contribution in [3.63, 3.8) is 0 Å². The third-order valence-corrected chi connectivity index (χ3v) is 5.27. The normalized spacial score (nSPS) is 31.1. The van der Waals surface area contributed by atoms with Crippen LogP contribution in [-0.4, -0.2) is 19.0 Å². The highest BCUT2D eigenvalue weighted by molar-refractivity contribution is 7.10. The smallest absolute Gasteiger partial charge is 0.227 e. The van der Waals surface area contributed by atoms with Crippen LogP contribution in [0.1, 0.15) is 42.7 Å². The Bertz CT molecular complexity index is 448. The largest absolute Gasteiger partial charge is 0.349 e. The highest BCUT2D eigenvalue weighted by atomic mass is 32.1. The molecule has 2 aliphatic rings. The molecule has 3 nitrogen and oxygen atoms in total. The predicted octanol–water partition coefficient (Wildman–Crippen LogP) is 2.24. The van der Waals surface area contributed by atoms with Crippen LogP contribution in [0, 0.1) is 5.41 Å². The molecule has 18 heavy (non-hydrogen) atoms. The molecular formula is C14H20N2OS. The third kappa shape index (κ3) is 2.08. The second-order valence-electron chi connectivity index (χ2n) is 5.70. The van der Waals surface area contributed by atoms with Gasteiger partial charge in [0.2, 0.25) is 5.91 Å². The van der Waals surface area contributed by atoms with Gasteiger partial charge in [0.1, 0.15) is 0 Å². The molecule has 0 aromatic carbocycles. The Morgan fingerprint density at radius 1 is 1.61 bits per heavy atom. The van der Waals surface area contributed by atoms with Gasteiger partial charge in [-0.2, -0.15) is 0 Å². The molecule has 1 fully saturated rings. The first-order chi connectivity index (χ1) is 8.69. The minimum atomic E-state index is -0.215. The number of rotatable bonds is 2. The first-order valence-electron chi connectivity index (χ1n) is 6.77. The van der Waals surface area contributed by atoms with Gasteiger partial charge in [-0.15, -0.1) is 11.3 Å². The average Bonchev–Trinajstić information content (AvgIpc) is 2.98. The maximum atomic E-state index is 12.4. The highest BCUT2D eigenvalue weighted by Gasteiger charge is 2.37. The summed E-state index contributed by atoms with van der Waals surface area (Å²) in [5.74, 6) is 0.219. The number of fused-ring (bicyclic) bond motifs is 1. The maximum absolute atomic E-state index is 12.4. The molecular weight excluding hydrogens is 244 g/mol. The van der Waals surface area contributed by atoms with E-state index in [4.69, 9.17) is 0 Å². The third-order valence-electron chi connectivity index (χ3n) is 4.27. The van der Waals surface area contributed by atoms with E-state index < -0.39 is 0 Å². The summed E-state index contributed by atoms with van der Waals surface area (Å²) in [7, 11) is 0. The van der Waals surface area contributed by atoms with Crippen molar-refractivity contribution < 1.29 is 4.79 Å². The summed E-state index contributed by atoms with van der Waals surface area (Å²) in [4.78, 5) is 13.9. The Hall–Kier alpha value is -0.870.